The maximum atomic E-state index is 13.3. The van der Waals surface area contributed by atoms with E-state index < -0.39 is 0 Å². The van der Waals surface area contributed by atoms with Crippen LogP contribution < -0.4 is 0 Å². The number of nitrogens with zero attached hydrogens (tertiary/aromatic N) is 2. The molecule has 0 spiro atoms. The smallest absolute Gasteiger partial charge is 0.126 e. The van der Waals surface area contributed by atoms with Crippen LogP contribution in [0.3, 0.4) is 0 Å². The molecule has 0 radical (unpaired) electrons. The lowest BCUT2D eigenvalue weighted by molar-refractivity contribution is 0.618. The Bertz CT molecular complexity index is 628. The Balaban J connectivity index is 2.01. The van der Waals surface area contributed by atoms with Gasteiger partial charge >= 0.3 is 0 Å². The predicted octanol–water partition coefficient (Wildman–Crippen LogP) is 4.15. The summed E-state index contributed by atoms with van der Waals surface area (Å²) in [6.45, 7) is 3.85. The van der Waals surface area contributed by atoms with Crippen LogP contribution in [0, 0.1) is 12.7 Å². The number of halogens is 1. The second kappa shape index (κ2) is 6.75. The molecule has 2 aromatic rings. The lowest BCUT2D eigenvalue weighted by Gasteiger charge is -1.96. The van der Waals surface area contributed by atoms with Crippen molar-refractivity contribution in [3.05, 3.63) is 70.5 Å². The lowest BCUT2D eigenvalue weighted by atomic mass is 10.1. The number of aryl methyl sites for hydroxylation is 2. The first-order valence-electron chi connectivity index (χ1n) is 6.60. The van der Waals surface area contributed by atoms with Crippen molar-refractivity contribution in [1.29, 1.82) is 0 Å². The van der Waals surface area contributed by atoms with E-state index in [0.29, 0.717) is 11.1 Å². The zero-order valence-corrected chi connectivity index (χ0v) is 11.7. The maximum Gasteiger partial charge on any atom is 0.126 e. The number of benzene rings is 2. The monoisotopic (exact) mass is 268 g/mol. The van der Waals surface area contributed by atoms with Crippen molar-refractivity contribution in [2.45, 2.75) is 20.3 Å². The Morgan fingerprint density at radius 1 is 0.950 bits per heavy atom. The normalized spacial score (nSPS) is 11.6. The highest BCUT2D eigenvalue weighted by Crippen LogP contribution is 2.07. The van der Waals surface area contributed by atoms with Crippen LogP contribution in [-0.2, 0) is 6.42 Å². The summed E-state index contributed by atoms with van der Waals surface area (Å²) >= 11 is 0. The average molecular weight is 268 g/mol. The number of hydrogen-bond acceptors (Lipinski definition) is 2. The van der Waals surface area contributed by atoms with Gasteiger partial charge < -0.3 is 0 Å². The van der Waals surface area contributed by atoms with Crippen LogP contribution in [-0.4, -0.2) is 12.4 Å². The van der Waals surface area contributed by atoms with Gasteiger partial charge in [-0.3, -0.25) is 0 Å². The van der Waals surface area contributed by atoms with Crippen molar-refractivity contribution in [2.75, 3.05) is 0 Å². The average Bonchev–Trinajstić information content (AvgIpc) is 2.48. The Hall–Kier alpha value is -2.29. The quantitative estimate of drug-likeness (QED) is 0.588. The summed E-state index contributed by atoms with van der Waals surface area (Å²) in [4.78, 5) is 0. The summed E-state index contributed by atoms with van der Waals surface area (Å²) in [7, 11) is 0. The molecule has 0 atom stereocenters. The van der Waals surface area contributed by atoms with Gasteiger partial charge in [0.15, 0.2) is 0 Å². The van der Waals surface area contributed by atoms with Crippen LogP contribution in [0.4, 0.5) is 4.39 Å². The van der Waals surface area contributed by atoms with Gasteiger partial charge in [0, 0.05) is 0 Å². The second-order valence-corrected chi connectivity index (χ2v) is 4.59. The molecular weight excluding hydrogens is 251 g/mol. The molecule has 0 unspecified atom stereocenters. The van der Waals surface area contributed by atoms with Crippen molar-refractivity contribution >= 4 is 12.4 Å². The summed E-state index contributed by atoms with van der Waals surface area (Å²) in [6, 6.07) is 13.1. The first-order chi connectivity index (χ1) is 9.69. The molecule has 0 heterocycles. The topological polar surface area (TPSA) is 24.7 Å². The molecule has 2 rings (SSSR count). The molecule has 2 nitrogen and oxygen atoms in total. The molecule has 0 saturated carbocycles. The molecule has 0 aliphatic rings. The molecule has 0 bridgehead atoms. The third-order valence-corrected chi connectivity index (χ3v) is 3.06. The standard InChI is InChI=1S/C17H17FN2/c1-3-14-6-8-15(9-7-14)11-19-20-12-16-5-4-13(2)17(18)10-16/h4-12H,3H2,1-2H3/b19-11+,20-12+. The maximum absolute atomic E-state index is 13.3. The summed E-state index contributed by atoms with van der Waals surface area (Å²) < 4.78 is 13.3. The minimum absolute atomic E-state index is 0.229. The van der Waals surface area contributed by atoms with Gasteiger partial charge in [-0.25, -0.2) is 4.39 Å². The molecule has 102 valence electrons. The fourth-order valence-corrected chi connectivity index (χ4v) is 1.73. The molecule has 0 aromatic heterocycles. The Kier molecular flexibility index (Phi) is 4.77. The SMILES string of the molecule is CCc1ccc(/C=N/N=C/c2ccc(C)c(F)c2)cc1. The molecule has 0 N–H and O–H groups in total. The van der Waals surface area contributed by atoms with Crippen molar-refractivity contribution in [1.82, 2.24) is 0 Å². The van der Waals surface area contributed by atoms with E-state index in [0.717, 1.165) is 12.0 Å². The van der Waals surface area contributed by atoms with E-state index in [-0.39, 0.29) is 5.82 Å². The van der Waals surface area contributed by atoms with Gasteiger partial charge in [-0.05, 0) is 41.7 Å². The van der Waals surface area contributed by atoms with Gasteiger partial charge in [0.2, 0.25) is 0 Å². The van der Waals surface area contributed by atoms with Gasteiger partial charge in [-0.1, -0.05) is 43.3 Å². The van der Waals surface area contributed by atoms with E-state index in [9.17, 15) is 4.39 Å². The predicted molar refractivity (Wildman–Crippen MR) is 82.1 cm³/mol. The molecule has 0 amide bonds. The highest BCUT2D eigenvalue weighted by atomic mass is 19.1. The third kappa shape index (κ3) is 3.85. The van der Waals surface area contributed by atoms with Crippen LogP contribution in [0.5, 0.6) is 0 Å². The zero-order valence-electron chi connectivity index (χ0n) is 11.7. The molecule has 2 aromatic carbocycles. The third-order valence-electron chi connectivity index (χ3n) is 3.06. The van der Waals surface area contributed by atoms with Crippen molar-refractivity contribution in [2.24, 2.45) is 10.2 Å². The van der Waals surface area contributed by atoms with Crippen LogP contribution in [0.25, 0.3) is 0 Å². The highest BCUT2D eigenvalue weighted by molar-refractivity contribution is 5.82. The molecule has 20 heavy (non-hydrogen) atoms. The van der Waals surface area contributed by atoms with Crippen LogP contribution >= 0.6 is 0 Å². The van der Waals surface area contributed by atoms with Crippen LogP contribution in [0.15, 0.2) is 52.7 Å². The van der Waals surface area contributed by atoms with E-state index in [1.54, 1.807) is 25.4 Å². The largest absolute Gasteiger partial charge is 0.207 e. The fourth-order valence-electron chi connectivity index (χ4n) is 1.73. The zero-order chi connectivity index (χ0) is 14.4. The Morgan fingerprint density at radius 2 is 1.55 bits per heavy atom. The highest BCUT2D eigenvalue weighted by Gasteiger charge is 1.96. The summed E-state index contributed by atoms with van der Waals surface area (Å²) in [5.41, 5.74) is 3.61. The molecular formula is C17H17FN2. The van der Waals surface area contributed by atoms with E-state index in [1.165, 1.54) is 11.6 Å². The van der Waals surface area contributed by atoms with Crippen LogP contribution in [0.2, 0.25) is 0 Å². The van der Waals surface area contributed by atoms with Crippen molar-refractivity contribution in [3.8, 4) is 0 Å². The van der Waals surface area contributed by atoms with Crippen LogP contribution in [0.1, 0.15) is 29.2 Å². The molecule has 3 heteroatoms. The minimum Gasteiger partial charge on any atom is -0.207 e. The van der Waals surface area contributed by atoms with Gasteiger partial charge in [0.05, 0.1) is 12.4 Å². The van der Waals surface area contributed by atoms with E-state index in [2.05, 4.69) is 29.3 Å². The number of hydrogen-bond donors (Lipinski definition) is 0. The first kappa shape index (κ1) is 14.1. The first-order valence-corrected chi connectivity index (χ1v) is 6.60. The van der Waals surface area contributed by atoms with Gasteiger partial charge in [0.1, 0.15) is 5.82 Å². The second-order valence-electron chi connectivity index (χ2n) is 4.59. The summed E-state index contributed by atoms with van der Waals surface area (Å²) in [5, 5.41) is 7.89. The van der Waals surface area contributed by atoms with Gasteiger partial charge in [-0.2, -0.15) is 10.2 Å². The number of rotatable bonds is 4. The minimum atomic E-state index is -0.229. The molecule has 0 fully saturated rings. The van der Waals surface area contributed by atoms with Crippen molar-refractivity contribution < 1.29 is 4.39 Å². The molecule has 0 aliphatic heterocycles. The van der Waals surface area contributed by atoms with E-state index >= 15 is 0 Å². The summed E-state index contributed by atoms with van der Waals surface area (Å²) in [6.07, 6.45) is 4.24. The Labute approximate surface area is 118 Å². The Morgan fingerprint density at radius 3 is 2.15 bits per heavy atom. The van der Waals surface area contributed by atoms with E-state index in [1.807, 2.05) is 18.2 Å². The summed E-state index contributed by atoms with van der Waals surface area (Å²) in [5.74, 6) is -0.229. The van der Waals surface area contributed by atoms with Gasteiger partial charge in [0.25, 0.3) is 0 Å². The fraction of sp³-hybridized carbons (Fsp3) is 0.176. The molecule has 0 saturated heterocycles. The van der Waals surface area contributed by atoms with Gasteiger partial charge in [-0.15, -0.1) is 0 Å². The van der Waals surface area contributed by atoms with Crippen molar-refractivity contribution in [3.63, 3.8) is 0 Å². The van der Waals surface area contributed by atoms with E-state index in [4.69, 9.17) is 0 Å². The molecule has 0 aliphatic carbocycles. The lowest BCUT2D eigenvalue weighted by Crippen LogP contribution is -1.87.